The highest BCUT2D eigenvalue weighted by Crippen LogP contribution is 2.27. The highest BCUT2D eigenvalue weighted by atomic mass is 19.1. The molecular weight excluding hydrogens is 201 g/mol. The van der Waals surface area contributed by atoms with E-state index in [4.69, 9.17) is 0 Å². The van der Waals surface area contributed by atoms with Gasteiger partial charge in [-0.2, -0.15) is 0 Å². The van der Waals surface area contributed by atoms with Crippen LogP contribution in [0.4, 0.5) is 4.39 Å². The highest BCUT2D eigenvalue weighted by Gasteiger charge is 2.11. The molecule has 2 heteroatoms. The summed E-state index contributed by atoms with van der Waals surface area (Å²) in [4.78, 5) is 2.12. The molecule has 0 aromatic heterocycles. The van der Waals surface area contributed by atoms with Gasteiger partial charge in [-0.3, -0.25) is 0 Å². The summed E-state index contributed by atoms with van der Waals surface area (Å²) >= 11 is 0. The van der Waals surface area contributed by atoms with Crippen molar-refractivity contribution in [3.05, 3.63) is 47.8 Å². The zero-order chi connectivity index (χ0) is 11.7. The fourth-order valence-corrected chi connectivity index (χ4v) is 1.91. The van der Waals surface area contributed by atoms with E-state index in [-0.39, 0.29) is 11.9 Å². The Balaban J connectivity index is 2.65. The Bertz CT molecular complexity index is 505. The summed E-state index contributed by atoms with van der Waals surface area (Å²) < 4.78 is 13.3. The van der Waals surface area contributed by atoms with E-state index in [0.717, 1.165) is 10.8 Å². The lowest BCUT2D eigenvalue weighted by molar-refractivity contribution is 0.323. The Morgan fingerprint density at radius 2 is 1.88 bits per heavy atom. The molecule has 2 aromatic carbocycles. The van der Waals surface area contributed by atoms with Crippen molar-refractivity contribution < 1.29 is 4.39 Å². The van der Waals surface area contributed by atoms with Gasteiger partial charge in [0.05, 0.1) is 0 Å². The monoisotopic (exact) mass is 217 g/mol. The summed E-state index contributed by atoms with van der Waals surface area (Å²) in [5.74, 6) is -0.175. The summed E-state index contributed by atoms with van der Waals surface area (Å²) in [5.41, 5.74) is 1.17. The van der Waals surface area contributed by atoms with Crippen molar-refractivity contribution in [3.8, 4) is 0 Å². The summed E-state index contributed by atoms with van der Waals surface area (Å²) in [6, 6.07) is 11.3. The summed E-state index contributed by atoms with van der Waals surface area (Å²) in [5, 5.41) is 2.09. The minimum atomic E-state index is -0.175. The maximum absolute atomic E-state index is 13.3. The number of nitrogens with zero attached hydrogens (tertiary/aromatic N) is 1. The van der Waals surface area contributed by atoms with Crippen molar-refractivity contribution in [1.82, 2.24) is 4.90 Å². The fraction of sp³-hybridized carbons (Fsp3) is 0.286. The van der Waals surface area contributed by atoms with Crippen LogP contribution in [0.15, 0.2) is 36.4 Å². The van der Waals surface area contributed by atoms with Crippen molar-refractivity contribution in [1.29, 1.82) is 0 Å². The molecule has 0 fully saturated rings. The van der Waals surface area contributed by atoms with Crippen LogP contribution < -0.4 is 0 Å². The maximum Gasteiger partial charge on any atom is 0.123 e. The van der Waals surface area contributed by atoms with Crippen LogP contribution in [-0.4, -0.2) is 19.0 Å². The van der Waals surface area contributed by atoms with E-state index in [1.165, 1.54) is 11.6 Å². The van der Waals surface area contributed by atoms with Gasteiger partial charge in [-0.15, -0.1) is 0 Å². The Hall–Kier alpha value is -1.41. The molecule has 0 saturated heterocycles. The van der Waals surface area contributed by atoms with Crippen LogP contribution in [0.3, 0.4) is 0 Å². The average molecular weight is 217 g/mol. The Morgan fingerprint density at radius 3 is 2.56 bits per heavy atom. The van der Waals surface area contributed by atoms with Crippen molar-refractivity contribution in [2.45, 2.75) is 13.0 Å². The van der Waals surface area contributed by atoms with Crippen LogP contribution >= 0.6 is 0 Å². The number of hydrogen-bond acceptors (Lipinski definition) is 1. The van der Waals surface area contributed by atoms with Gasteiger partial charge in [0.15, 0.2) is 0 Å². The molecule has 16 heavy (non-hydrogen) atoms. The van der Waals surface area contributed by atoms with Crippen molar-refractivity contribution >= 4 is 10.8 Å². The topological polar surface area (TPSA) is 3.24 Å². The molecule has 1 unspecified atom stereocenters. The number of hydrogen-bond donors (Lipinski definition) is 0. The molecule has 0 saturated carbocycles. The van der Waals surface area contributed by atoms with E-state index < -0.39 is 0 Å². The van der Waals surface area contributed by atoms with E-state index in [1.54, 1.807) is 6.07 Å². The molecule has 2 rings (SSSR count). The van der Waals surface area contributed by atoms with Crippen LogP contribution in [-0.2, 0) is 0 Å². The van der Waals surface area contributed by atoms with Gasteiger partial charge in [0.25, 0.3) is 0 Å². The summed E-state index contributed by atoms with van der Waals surface area (Å²) in [6.45, 7) is 2.12. The smallest absolute Gasteiger partial charge is 0.123 e. The first-order chi connectivity index (χ1) is 7.59. The van der Waals surface area contributed by atoms with Crippen molar-refractivity contribution in [2.75, 3.05) is 14.1 Å². The predicted octanol–water partition coefficient (Wildman–Crippen LogP) is 3.60. The van der Waals surface area contributed by atoms with E-state index in [1.807, 2.05) is 32.3 Å². The molecule has 0 bridgehead atoms. The minimum Gasteiger partial charge on any atom is -0.303 e. The summed E-state index contributed by atoms with van der Waals surface area (Å²) in [6.07, 6.45) is 0. The van der Waals surface area contributed by atoms with Crippen LogP contribution in [0, 0.1) is 5.82 Å². The zero-order valence-electron chi connectivity index (χ0n) is 9.87. The van der Waals surface area contributed by atoms with Crippen LogP contribution in [0.2, 0.25) is 0 Å². The molecule has 1 atom stereocenters. The highest BCUT2D eigenvalue weighted by molar-refractivity contribution is 5.86. The maximum atomic E-state index is 13.3. The average Bonchev–Trinajstić information content (AvgIpc) is 2.27. The van der Waals surface area contributed by atoms with E-state index >= 15 is 0 Å². The molecule has 0 heterocycles. The van der Waals surface area contributed by atoms with Crippen LogP contribution in [0.25, 0.3) is 10.8 Å². The van der Waals surface area contributed by atoms with Gasteiger partial charge in [0.2, 0.25) is 0 Å². The standard InChI is InChI=1S/C14H16FN/c1-10(16(2)3)13-6-4-5-11-7-8-12(15)9-14(11)13/h4-10H,1-3H3. The molecule has 0 N–H and O–H groups in total. The van der Waals surface area contributed by atoms with Gasteiger partial charge in [0.1, 0.15) is 5.82 Å². The molecule has 1 nitrogen and oxygen atoms in total. The van der Waals surface area contributed by atoms with Gasteiger partial charge < -0.3 is 4.90 Å². The molecule has 0 radical (unpaired) electrons. The van der Waals surface area contributed by atoms with Crippen LogP contribution in [0.1, 0.15) is 18.5 Å². The van der Waals surface area contributed by atoms with Crippen LogP contribution in [0.5, 0.6) is 0 Å². The third-order valence-electron chi connectivity index (χ3n) is 3.10. The quantitative estimate of drug-likeness (QED) is 0.743. The lowest BCUT2D eigenvalue weighted by Crippen LogP contribution is -2.16. The number of halogens is 1. The second-order valence-corrected chi connectivity index (χ2v) is 4.35. The zero-order valence-corrected chi connectivity index (χ0v) is 9.87. The summed E-state index contributed by atoms with van der Waals surface area (Å²) in [7, 11) is 4.06. The third-order valence-corrected chi connectivity index (χ3v) is 3.10. The molecule has 84 valence electrons. The van der Waals surface area contributed by atoms with Gasteiger partial charge in [-0.05, 0) is 49.5 Å². The fourth-order valence-electron chi connectivity index (χ4n) is 1.91. The molecule has 0 amide bonds. The Kier molecular flexibility index (Phi) is 2.92. The second kappa shape index (κ2) is 4.22. The Morgan fingerprint density at radius 1 is 1.12 bits per heavy atom. The van der Waals surface area contributed by atoms with Gasteiger partial charge in [-0.25, -0.2) is 4.39 Å². The SMILES string of the molecule is CC(c1cccc2ccc(F)cc12)N(C)C. The number of rotatable bonds is 2. The van der Waals surface area contributed by atoms with Crippen molar-refractivity contribution in [2.24, 2.45) is 0 Å². The number of fused-ring (bicyclic) bond motifs is 1. The largest absolute Gasteiger partial charge is 0.303 e. The van der Waals surface area contributed by atoms with Gasteiger partial charge >= 0.3 is 0 Å². The van der Waals surface area contributed by atoms with E-state index in [9.17, 15) is 4.39 Å². The normalized spacial score (nSPS) is 13.3. The molecule has 0 aliphatic rings. The minimum absolute atomic E-state index is 0.175. The first kappa shape index (κ1) is 11.1. The molecule has 2 aromatic rings. The van der Waals surface area contributed by atoms with E-state index in [0.29, 0.717) is 0 Å². The molecule has 0 aliphatic heterocycles. The second-order valence-electron chi connectivity index (χ2n) is 4.35. The lowest BCUT2D eigenvalue weighted by Gasteiger charge is -2.21. The molecular formula is C14H16FN. The molecule has 0 aliphatic carbocycles. The number of benzene rings is 2. The lowest BCUT2D eigenvalue weighted by atomic mass is 9.99. The van der Waals surface area contributed by atoms with Gasteiger partial charge in [-0.1, -0.05) is 24.3 Å². The third kappa shape index (κ3) is 1.93. The van der Waals surface area contributed by atoms with Crippen molar-refractivity contribution in [3.63, 3.8) is 0 Å². The van der Waals surface area contributed by atoms with E-state index in [2.05, 4.69) is 17.9 Å². The predicted molar refractivity (Wildman–Crippen MR) is 66.0 cm³/mol. The Labute approximate surface area is 95.5 Å². The molecule has 0 spiro atoms. The first-order valence-electron chi connectivity index (χ1n) is 5.44. The van der Waals surface area contributed by atoms with Gasteiger partial charge in [0, 0.05) is 6.04 Å². The first-order valence-corrected chi connectivity index (χ1v) is 5.44.